The van der Waals surface area contributed by atoms with E-state index in [0.717, 1.165) is 19.5 Å². The Hall–Kier alpha value is -3.67. The molecule has 0 bridgehead atoms. The van der Waals surface area contributed by atoms with Crippen LogP contribution in [0.5, 0.6) is 0 Å². The number of ether oxygens (including phenoxy) is 1. The number of hydrogen-bond donors (Lipinski definition) is 4. The topological polar surface area (TPSA) is 137 Å². The highest BCUT2D eigenvalue weighted by molar-refractivity contribution is 6.07. The minimum Gasteiger partial charge on any atom is -0.444 e. The first-order valence-electron chi connectivity index (χ1n) is 12.0. The van der Waals surface area contributed by atoms with Gasteiger partial charge in [-0.2, -0.15) is 0 Å². The lowest BCUT2D eigenvalue weighted by Crippen LogP contribution is -2.38. The number of amides is 2. The highest BCUT2D eigenvalue weighted by Gasteiger charge is 2.25. The van der Waals surface area contributed by atoms with Crippen LogP contribution in [0.4, 0.5) is 28.1 Å². The molecule has 36 heavy (non-hydrogen) atoms. The van der Waals surface area contributed by atoms with Crippen LogP contribution in [0.15, 0.2) is 24.3 Å². The van der Waals surface area contributed by atoms with Crippen LogP contribution in [0.2, 0.25) is 0 Å². The van der Waals surface area contributed by atoms with E-state index in [1.165, 1.54) is 0 Å². The fraction of sp³-hybridized carbons (Fsp3) is 0.542. The Morgan fingerprint density at radius 1 is 1.14 bits per heavy atom. The lowest BCUT2D eigenvalue weighted by molar-refractivity contribution is 0.0523. The number of carbonyl (C=O) groups excluding carboxylic acids is 2. The molecule has 1 aliphatic heterocycles. The number of aromatic nitrogens is 3. The molecule has 2 aromatic heterocycles. The summed E-state index contributed by atoms with van der Waals surface area (Å²) in [7, 11) is 5.52. The first-order valence-corrected chi connectivity index (χ1v) is 12.0. The molecule has 0 radical (unpaired) electrons. The number of likely N-dealkylation sites (tertiary alicyclic amines) is 1. The summed E-state index contributed by atoms with van der Waals surface area (Å²) in [5.74, 6) is 1.88. The summed E-state index contributed by atoms with van der Waals surface area (Å²) in [5.41, 5.74) is -0.106. The molecular formula is C24H37N9O3. The van der Waals surface area contributed by atoms with E-state index in [4.69, 9.17) is 4.74 Å². The van der Waals surface area contributed by atoms with Crippen molar-refractivity contribution in [1.82, 2.24) is 25.4 Å². The van der Waals surface area contributed by atoms with Gasteiger partial charge in [0.15, 0.2) is 11.6 Å². The second-order valence-corrected chi connectivity index (χ2v) is 9.83. The Labute approximate surface area is 212 Å². The van der Waals surface area contributed by atoms with Crippen molar-refractivity contribution < 1.29 is 14.3 Å². The molecule has 3 heterocycles. The van der Waals surface area contributed by atoms with Crippen molar-refractivity contribution in [2.45, 2.75) is 38.8 Å². The molecular weight excluding hydrogens is 462 g/mol. The van der Waals surface area contributed by atoms with E-state index in [2.05, 4.69) is 41.3 Å². The Bertz CT molecular complexity index is 1040. The fourth-order valence-electron chi connectivity index (χ4n) is 3.68. The molecule has 0 spiro atoms. The summed E-state index contributed by atoms with van der Waals surface area (Å²) >= 11 is 0. The summed E-state index contributed by atoms with van der Waals surface area (Å²) in [6.07, 6.45) is 0.470. The van der Waals surface area contributed by atoms with Gasteiger partial charge in [0.05, 0.1) is 5.56 Å². The van der Waals surface area contributed by atoms with Gasteiger partial charge < -0.3 is 30.9 Å². The van der Waals surface area contributed by atoms with Gasteiger partial charge in [-0.15, -0.1) is 10.2 Å². The summed E-state index contributed by atoms with van der Waals surface area (Å²) < 4.78 is 5.28. The maximum Gasteiger partial charge on any atom is 0.407 e. The highest BCUT2D eigenvalue weighted by Crippen LogP contribution is 2.22. The Morgan fingerprint density at radius 2 is 1.89 bits per heavy atom. The summed E-state index contributed by atoms with van der Waals surface area (Å²) in [4.78, 5) is 33.6. The molecule has 1 saturated heterocycles. The number of rotatable bonds is 9. The number of carbonyl (C=O) groups is 2. The Morgan fingerprint density at radius 3 is 2.53 bits per heavy atom. The molecule has 12 heteroatoms. The van der Waals surface area contributed by atoms with Gasteiger partial charge in [-0.05, 0) is 51.5 Å². The van der Waals surface area contributed by atoms with Crippen LogP contribution >= 0.6 is 0 Å². The van der Waals surface area contributed by atoms with Crippen LogP contribution in [-0.2, 0) is 4.74 Å². The van der Waals surface area contributed by atoms with Gasteiger partial charge in [-0.3, -0.25) is 9.69 Å². The van der Waals surface area contributed by atoms with Crippen LogP contribution in [-0.4, -0.2) is 91.0 Å². The molecule has 1 fully saturated rings. The monoisotopic (exact) mass is 499 g/mol. The van der Waals surface area contributed by atoms with Crippen molar-refractivity contribution in [3.8, 4) is 0 Å². The van der Waals surface area contributed by atoms with Gasteiger partial charge in [0.2, 0.25) is 0 Å². The smallest absolute Gasteiger partial charge is 0.407 e. The van der Waals surface area contributed by atoms with Crippen LogP contribution < -0.4 is 26.2 Å². The third-order valence-corrected chi connectivity index (χ3v) is 5.46. The van der Waals surface area contributed by atoms with Gasteiger partial charge in [-0.1, -0.05) is 0 Å². The number of nitrogens with one attached hydrogen (secondary N) is 4. The number of hydrogen-bond acceptors (Lipinski definition) is 10. The van der Waals surface area contributed by atoms with E-state index in [-0.39, 0.29) is 11.9 Å². The van der Waals surface area contributed by atoms with Crippen LogP contribution in [0.1, 0.15) is 37.6 Å². The van der Waals surface area contributed by atoms with Crippen molar-refractivity contribution >= 4 is 35.3 Å². The molecule has 1 aliphatic rings. The van der Waals surface area contributed by atoms with Crippen molar-refractivity contribution in [3.63, 3.8) is 0 Å². The second-order valence-electron chi connectivity index (χ2n) is 9.83. The zero-order chi connectivity index (χ0) is 26.3. The maximum atomic E-state index is 13.0. The molecule has 2 amide bonds. The molecule has 3 rings (SSSR count). The molecule has 0 saturated carbocycles. The number of nitrogens with zero attached hydrogens (tertiary/aromatic N) is 5. The molecule has 1 atom stereocenters. The van der Waals surface area contributed by atoms with Gasteiger partial charge in [-0.25, -0.2) is 9.78 Å². The predicted octanol–water partition coefficient (Wildman–Crippen LogP) is 2.24. The highest BCUT2D eigenvalue weighted by atomic mass is 16.6. The minimum atomic E-state index is -0.520. The van der Waals surface area contributed by atoms with Gasteiger partial charge in [0, 0.05) is 53.4 Å². The first-order chi connectivity index (χ1) is 17.0. The molecule has 4 N–H and O–H groups in total. The third-order valence-electron chi connectivity index (χ3n) is 5.46. The summed E-state index contributed by atoms with van der Waals surface area (Å²) in [6, 6.07) is 7.09. The first kappa shape index (κ1) is 26.9. The van der Waals surface area contributed by atoms with Crippen LogP contribution in [0.3, 0.4) is 0 Å². The van der Waals surface area contributed by atoms with E-state index < -0.39 is 11.7 Å². The second kappa shape index (κ2) is 11.8. The lowest BCUT2D eigenvalue weighted by atomic mass is 10.2. The average Bonchev–Trinajstić information content (AvgIpc) is 3.25. The summed E-state index contributed by atoms with van der Waals surface area (Å²) in [5, 5.41) is 20.2. The fourth-order valence-corrected chi connectivity index (χ4v) is 3.68. The van der Waals surface area contributed by atoms with E-state index in [1.54, 1.807) is 31.3 Å². The van der Waals surface area contributed by atoms with Crippen molar-refractivity contribution in [1.29, 1.82) is 0 Å². The van der Waals surface area contributed by atoms with Gasteiger partial charge >= 0.3 is 6.09 Å². The maximum absolute atomic E-state index is 13.0. The standard InChI is InChI=1S/C24H37N9O3/c1-24(2,3)36-23(35)26-12-14-33-13-11-16(15-33)27-21-17(7-8-18(25-4)28-21)22(34)29-19-9-10-20(31-30-19)32(5)6/h7-10,16H,11-15H2,1-6H3,(H,26,35)(H2,25,27,28)(H,29,30,34). The van der Waals surface area contributed by atoms with E-state index >= 15 is 0 Å². The Kier molecular flexibility index (Phi) is 8.86. The molecule has 1 unspecified atom stereocenters. The van der Waals surface area contributed by atoms with Crippen molar-refractivity contribution in [3.05, 3.63) is 29.8 Å². The van der Waals surface area contributed by atoms with Gasteiger partial charge in [0.1, 0.15) is 17.2 Å². The van der Waals surface area contributed by atoms with Crippen LogP contribution in [0, 0.1) is 0 Å². The normalized spacial score (nSPS) is 15.8. The van der Waals surface area contributed by atoms with E-state index in [9.17, 15) is 9.59 Å². The zero-order valence-electron chi connectivity index (χ0n) is 21.9. The van der Waals surface area contributed by atoms with Crippen LogP contribution in [0.25, 0.3) is 0 Å². The van der Waals surface area contributed by atoms with Crippen molar-refractivity contribution in [2.24, 2.45) is 0 Å². The zero-order valence-corrected chi connectivity index (χ0v) is 21.9. The number of alkyl carbamates (subject to hydrolysis) is 1. The minimum absolute atomic E-state index is 0.108. The number of anilines is 4. The molecule has 0 aromatic carbocycles. The largest absolute Gasteiger partial charge is 0.444 e. The van der Waals surface area contributed by atoms with E-state index in [1.807, 2.05) is 39.8 Å². The molecule has 2 aromatic rings. The lowest BCUT2D eigenvalue weighted by Gasteiger charge is -2.21. The predicted molar refractivity (Wildman–Crippen MR) is 141 cm³/mol. The Balaban J connectivity index is 1.58. The average molecular weight is 500 g/mol. The van der Waals surface area contributed by atoms with Crippen molar-refractivity contribution in [2.75, 3.05) is 68.2 Å². The molecule has 196 valence electrons. The summed E-state index contributed by atoms with van der Waals surface area (Å²) in [6.45, 7) is 8.34. The SMILES string of the molecule is CNc1ccc(C(=O)Nc2ccc(N(C)C)nn2)c(NC2CCN(CCNC(=O)OC(C)(C)C)C2)n1. The van der Waals surface area contributed by atoms with Gasteiger partial charge in [0.25, 0.3) is 5.91 Å². The molecule has 0 aliphatic carbocycles. The quantitative estimate of drug-likeness (QED) is 0.406. The molecule has 12 nitrogen and oxygen atoms in total. The third kappa shape index (κ3) is 7.94. The van der Waals surface area contributed by atoms with E-state index in [0.29, 0.717) is 41.9 Å². The number of pyridine rings is 1.